The van der Waals surface area contributed by atoms with E-state index >= 15 is 0 Å². The van der Waals surface area contributed by atoms with Crippen molar-refractivity contribution in [2.45, 2.75) is 19.8 Å². The van der Waals surface area contributed by atoms with Gasteiger partial charge in [-0.1, -0.05) is 25.2 Å². The van der Waals surface area contributed by atoms with Crippen molar-refractivity contribution in [1.82, 2.24) is 0 Å². The predicted molar refractivity (Wildman–Crippen MR) is 47.4 cm³/mol. The van der Waals surface area contributed by atoms with E-state index in [1.54, 1.807) is 6.08 Å². The zero-order valence-corrected chi connectivity index (χ0v) is 6.88. The van der Waals surface area contributed by atoms with Crippen molar-refractivity contribution in [3.63, 3.8) is 0 Å². The highest BCUT2D eigenvalue weighted by Gasteiger charge is 2.09. The summed E-state index contributed by atoms with van der Waals surface area (Å²) in [6.07, 6.45) is 7.51. The molecule has 1 aliphatic rings. The van der Waals surface area contributed by atoms with Crippen molar-refractivity contribution < 1.29 is 5.11 Å². The molecule has 1 atom stereocenters. The van der Waals surface area contributed by atoms with E-state index in [0.29, 0.717) is 11.7 Å². The van der Waals surface area contributed by atoms with E-state index in [-0.39, 0.29) is 0 Å². The van der Waals surface area contributed by atoms with Crippen molar-refractivity contribution in [2.24, 2.45) is 5.92 Å². The molecule has 0 saturated heterocycles. The largest absolute Gasteiger partial charge is 0.508 e. The van der Waals surface area contributed by atoms with E-state index in [2.05, 4.69) is 13.5 Å². The molecule has 1 aliphatic carbocycles. The molecular weight excluding hydrogens is 136 g/mol. The zero-order chi connectivity index (χ0) is 8.27. The standard InChI is InChI=1S/C10H14O/c1-3-8(2)9-4-6-10(11)7-5-9/h4,6-7,9,11H,2-3,5H2,1H3. The van der Waals surface area contributed by atoms with Gasteiger partial charge in [0, 0.05) is 5.92 Å². The van der Waals surface area contributed by atoms with Crippen molar-refractivity contribution in [2.75, 3.05) is 0 Å². The number of aliphatic hydroxyl groups is 1. The predicted octanol–water partition coefficient (Wildman–Crippen LogP) is 2.97. The molecule has 0 bridgehead atoms. The molecule has 11 heavy (non-hydrogen) atoms. The summed E-state index contributed by atoms with van der Waals surface area (Å²) in [6, 6.07) is 0. The fourth-order valence-electron chi connectivity index (χ4n) is 1.17. The first-order valence-corrected chi connectivity index (χ1v) is 3.99. The average Bonchev–Trinajstić information content (AvgIpc) is 2.05. The SMILES string of the molecule is C=C(CC)C1C=CC(O)=CC1. The van der Waals surface area contributed by atoms with Crippen molar-refractivity contribution in [3.05, 3.63) is 36.1 Å². The minimum absolute atomic E-state index is 0.380. The summed E-state index contributed by atoms with van der Waals surface area (Å²) in [7, 11) is 0. The van der Waals surface area contributed by atoms with Gasteiger partial charge in [-0.05, 0) is 25.0 Å². The number of aliphatic hydroxyl groups excluding tert-OH is 1. The lowest BCUT2D eigenvalue weighted by molar-refractivity contribution is 0.423. The van der Waals surface area contributed by atoms with Gasteiger partial charge in [-0.2, -0.15) is 0 Å². The molecule has 60 valence electrons. The molecule has 0 aromatic carbocycles. The Morgan fingerprint density at radius 2 is 2.55 bits per heavy atom. The van der Waals surface area contributed by atoms with Gasteiger partial charge in [0.2, 0.25) is 0 Å². The molecule has 0 saturated carbocycles. The number of hydrogen-bond acceptors (Lipinski definition) is 1. The van der Waals surface area contributed by atoms with Crippen molar-refractivity contribution in [1.29, 1.82) is 0 Å². The van der Waals surface area contributed by atoms with Crippen molar-refractivity contribution >= 4 is 0 Å². The molecule has 1 rings (SSSR count). The van der Waals surface area contributed by atoms with Gasteiger partial charge in [0.05, 0.1) is 0 Å². The Morgan fingerprint density at radius 1 is 1.82 bits per heavy atom. The number of hydrogen-bond donors (Lipinski definition) is 1. The second-order valence-electron chi connectivity index (χ2n) is 2.84. The summed E-state index contributed by atoms with van der Waals surface area (Å²) in [6.45, 7) is 6.07. The van der Waals surface area contributed by atoms with E-state index in [1.165, 1.54) is 5.57 Å². The second kappa shape index (κ2) is 3.42. The van der Waals surface area contributed by atoms with Gasteiger partial charge >= 0.3 is 0 Å². The average molecular weight is 150 g/mol. The molecule has 0 heterocycles. The maximum absolute atomic E-state index is 9.03. The lowest BCUT2D eigenvalue weighted by Gasteiger charge is -2.15. The Bertz CT molecular complexity index is 211. The van der Waals surface area contributed by atoms with Gasteiger partial charge in [0.15, 0.2) is 0 Å². The maximum atomic E-state index is 9.03. The first kappa shape index (κ1) is 8.12. The third kappa shape index (κ3) is 1.97. The molecule has 0 amide bonds. The van der Waals surface area contributed by atoms with Gasteiger partial charge in [0.25, 0.3) is 0 Å². The van der Waals surface area contributed by atoms with Crippen LogP contribution in [0.5, 0.6) is 0 Å². The Balaban J connectivity index is 2.55. The highest BCUT2D eigenvalue weighted by Crippen LogP contribution is 2.22. The first-order valence-electron chi connectivity index (χ1n) is 3.99. The molecule has 0 spiro atoms. The van der Waals surface area contributed by atoms with E-state index in [9.17, 15) is 0 Å². The van der Waals surface area contributed by atoms with Gasteiger partial charge in [-0.25, -0.2) is 0 Å². The molecule has 1 unspecified atom stereocenters. The molecule has 1 N–H and O–H groups in total. The molecular formula is C10H14O. The Hall–Kier alpha value is -0.980. The fraction of sp³-hybridized carbons (Fsp3) is 0.400. The third-order valence-electron chi connectivity index (χ3n) is 2.06. The van der Waals surface area contributed by atoms with Crippen LogP contribution in [0.2, 0.25) is 0 Å². The monoisotopic (exact) mass is 150 g/mol. The Morgan fingerprint density at radius 3 is 3.00 bits per heavy atom. The highest BCUT2D eigenvalue weighted by atomic mass is 16.3. The smallest absolute Gasteiger partial charge is 0.111 e. The minimum Gasteiger partial charge on any atom is -0.508 e. The van der Waals surface area contributed by atoms with E-state index in [1.807, 2.05) is 12.2 Å². The molecule has 0 fully saturated rings. The zero-order valence-electron chi connectivity index (χ0n) is 6.88. The third-order valence-corrected chi connectivity index (χ3v) is 2.06. The fourth-order valence-corrected chi connectivity index (χ4v) is 1.17. The van der Waals surface area contributed by atoms with E-state index in [0.717, 1.165) is 12.8 Å². The van der Waals surface area contributed by atoms with Crippen LogP contribution in [0.15, 0.2) is 36.1 Å². The Labute approximate surface area is 67.7 Å². The topological polar surface area (TPSA) is 20.2 Å². The summed E-state index contributed by atoms with van der Waals surface area (Å²) >= 11 is 0. The first-order chi connectivity index (χ1) is 5.24. The number of rotatable bonds is 2. The quantitative estimate of drug-likeness (QED) is 0.600. The van der Waals surface area contributed by atoms with Gasteiger partial charge in [-0.3, -0.25) is 0 Å². The maximum Gasteiger partial charge on any atom is 0.111 e. The lowest BCUT2D eigenvalue weighted by Crippen LogP contribution is -2.01. The van der Waals surface area contributed by atoms with Gasteiger partial charge in [0.1, 0.15) is 5.76 Å². The van der Waals surface area contributed by atoms with Crippen LogP contribution in [0, 0.1) is 5.92 Å². The molecule has 0 aromatic heterocycles. The van der Waals surface area contributed by atoms with Crippen LogP contribution >= 0.6 is 0 Å². The van der Waals surface area contributed by atoms with Crippen molar-refractivity contribution in [3.8, 4) is 0 Å². The van der Waals surface area contributed by atoms with Crippen LogP contribution in [0.1, 0.15) is 19.8 Å². The molecule has 1 nitrogen and oxygen atoms in total. The molecule has 0 radical (unpaired) electrons. The molecule has 1 heteroatoms. The van der Waals surface area contributed by atoms with E-state index < -0.39 is 0 Å². The van der Waals surface area contributed by atoms with Crippen LogP contribution in [-0.4, -0.2) is 5.11 Å². The van der Waals surface area contributed by atoms with Crippen LogP contribution in [0.3, 0.4) is 0 Å². The highest BCUT2D eigenvalue weighted by molar-refractivity contribution is 5.23. The summed E-state index contributed by atoms with van der Waals surface area (Å²) in [4.78, 5) is 0. The summed E-state index contributed by atoms with van der Waals surface area (Å²) in [5, 5.41) is 9.03. The van der Waals surface area contributed by atoms with Crippen LogP contribution in [0.25, 0.3) is 0 Å². The second-order valence-corrected chi connectivity index (χ2v) is 2.84. The van der Waals surface area contributed by atoms with Crippen LogP contribution in [0.4, 0.5) is 0 Å². The Kier molecular flexibility index (Phi) is 2.53. The summed E-state index contributed by atoms with van der Waals surface area (Å²) < 4.78 is 0. The van der Waals surface area contributed by atoms with E-state index in [4.69, 9.17) is 5.11 Å². The summed E-state index contributed by atoms with van der Waals surface area (Å²) in [5.74, 6) is 0.820. The normalized spacial score (nSPS) is 23.0. The van der Waals surface area contributed by atoms with Gasteiger partial charge in [-0.15, -0.1) is 0 Å². The summed E-state index contributed by atoms with van der Waals surface area (Å²) in [5.41, 5.74) is 1.24. The molecule has 0 aromatic rings. The molecule has 0 aliphatic heterocycles. The number of allylic oxidation sites excluding steroid dienone is 4. The van der Waals surface area contributed by atoms with Crippen LogP contribution in [-0.2, 0) is 0 Å². The van der Waals surface area contributed by atoms with Crippen LogP contribution < -0.4 is 0 Å². The van der Waals surface area contributed by atoms with Gasteiger partial charge < -0.3 is 5.11 Å². The lowest BCUT2D eigenvalue weighted by atomic mass is 9.91. The minimum atomic E-state index is 0.380.